The second-order valence-corrected chi connectivity index (χ2v) is 6.11. The molecule has 0 radical (unpaired) electrons. The van der Waals surface area contributed by atoms with E-state index in [0.717, 1.165) is 19.3 Å². The van der Waals surface area contributed by atoms with Crippen molar-refractivity contribution in [3.05, 3.63) is 76.6 Å². The lowest BCUT2D eigenvalue weighted by atomic mass is 9.90. The summed E-state index contributed by atoms with van der Waals surface area (Å²) in [6, 6.07) is 11.4. The van der Waals surface area contributed by atoms with Crippen LogP contribution in [0.1, 0.15) is 39.9 Å². The van der Waals surface area contributed by atoms with E-state index < -0.39 is 5.97 Å². The Morgan fingerprint density at radius 3 is 2.48 bits per heavy atom. The number of ketones is 1. The third kappa shape index (κ3) is 4.63. The van der Waals surface area contributed by atoms with Crippen LogP contribution in [0, 0.1) is 5.82 Å². The Bertz CT molecular complexity index is 806. The minimum atomic E-state index is -0.601. The van der Waals surface area contributed by atoms with Crippen molar-refractivity contribution in [1.82, 2.24) is 0 Å². The molecule has 0 bridgehead atoms. The van der Waals surface area contributed by atoms with Crippen molar-refractivity contribution in [3.8, 4) is 0 Å². The summed E-state index contributed by atoms with van der Waals surface area (Å²) >= 11 is 0. The summed E-state index contributed by atoms with van der Waals surface area (Å²) in [4.78, 5) is 23.9. The van der Waals surface area contributed by atoms with Crippen molar-refractivity contribution in [2.45, 2.75) is 25.7 Å². The van der Waals surface area contributed by atoms with Gasteiger partial charge in [0.2, 0.25) is 0 Å². The van der Waals surface area contributed by atoms with Crippen molar-refractivity contribution in [2.75, 3.05) is 6.61 Å². The molecule has 4 heteroatoms. The number of carbonyl (C=O) groups excluding carboxylic acids is 2. The first-order valence-electron chi connectivity index (χ1n) is 8.37. The molecule has 128 valence electrons. The molecule has 2 aromatic rings. The van der Waals surface area contributed by atoms with Crippen molar-refractivity contribution >= 4 is 17.8 Å². The van der Waals surface area contributed by atoms with Crippen molar-refractivity contribution in [3.63, 3.8) is 0 Å². The first-order chi connectivity index (χ1) is 12.1. The van der Waals surface area contributed by atoms with E-state index in [1.807, 2.05) is 12.1 Å². The Balaban J connectivity index is 1.54. The second kappa shape index (κ2) is 7.88. The number of aryl methyl sites for hydroxylation is 2. The normalized spacial score (nSPS) is 13.5. The smallest absolute Gasteiger partial charge is 0.331 e. The van der Waals surface area contributed by atoms with Gasteiger partial charge in [-0.05, 0) is 66.6 Å². The number of hydrogen-bond acceptors (Lipinski definition) is 3. The number of Topliss-reactive ketones (excluding diaryl/α,β-unsaturated/α-hetero) is 1. The highest BCUT2D eigenvalue weighted by molar-refractivity contribution is 5.99. The molecular formula is C21H19FO3. The fourth-order valence-electron chi connectivity index (χ4n) is 2.91. The maximum Gasteiger partial charge on any atom is 0.331 e. The molecule has 0 N–H and O–H groups in total. The Labute approximate surface area is 146 Å². The molecule has 0 aliphatic heterocycles. The molecule has 2 aromatic carbocycles. The summed E-state index contributed by atoms with van der Waals surface area (Å²) in [7, 11) is 0. The molecule has 3 rings (SSSR count). The summed E-state index contributed by atoms with van der Waals surface area (Å²) < 4.78 is 17.8. The van der Waals surface area contributed by atoms with E-state index in [1.165, 1.54) is 41.8 Å². The first kappa shape index (κ1) is 17.1. The van der Waals surface area contributed by atoms with Gasteiger partial charge in [0.15, 0.2) is 12.4 Å². The lowest BCUT2D eigenvalue weighted by molar-refractivity contribution is -0.136. The van der Waals surface area contributed by atoms with Gasteiger partial charge in [-0.2, -0.15) is 0 Å². The van der Waals surface area contributed by atoms with Crippen LogP contribution in [0.5, 0.6) is 0 Å². The number of hydrogen-bond donors (Lipinski definition) is 0. The highest BCUT2D eigenvalue weighted by atomic mass is 19.1. The van der Waals surface area contributed by atoms with E-state index in [1.54, 1.807) is 18.2 Å². The average Bonchev–Trinajstić information content (AvgIpc) is 2.65. The molecule has 0 heterocycles. The zero-order valence-corrected chi connectivity index (χ0v) is 13.8. The standard InChI is InChI=1S/C21H19FO3/c22-19-10-5-15(6-11-19)7-12-21(24)25-14-20(23)18-9-8-16-3-1-2-4-17(16)13-18/h5-13H,1-4,14H2/b12-7+. The van der Waals surface area contributed by atoms with Gasteiger partial charge < -0.3 is 4.74 Å². The Morgan fingerprint density at radius 2 is 1.72 bits per heavy atom. The van der Waals surface area contributed by atoms with Gasteiger partial charge in [-0.3, -0.25) is 4.79 Å². The molecule has 1 aliphatic carbocycles. The highest BCUT2D eigenvalue weighted by Gasteiger charge is 2.13. The summed E-state index contributed by atoms with van der Waals surface area (Å²) in [5.74, 6) is -1.15. The highest BCUT2D eigenvalue weighted by Crippen LogP contribution is 2.22. The van der Waals surface area contributed by atoms with Gasteiger partial charge in [-0.15, -0.1) is 0 Å². The van der Waals surface area contributed by atoms with Gasteiger partial charge in [0.25, 0.3) is 0 Å². The molecule has 0 aromatic heterocycles. The van der Waals surface area contributed by atoms with E-state index in [2.05, 4.69) is 0 Å². The third-order valence-electron chi connectivity index (χ3n) is 4.30. The largest absolute Gasteiger partial charge is 0.454 e. The number of benzene rings is 2. The van der Waals surface area contributed by atoms with Crippen LogP contribution in [0.4, 0.5) is 4.39 Å². The summed E-state index contributed by atoms with van der Waals surface area (Å²) in [5, 5.41) is 0. The van der Waals surface area contributed by atoms with Gasteiger partial charge in [0.05, 0.1) is 0 Å². The minimum Gasteiger partial charge on any atom is -0.454 e. The molecule has 0 unspecified atom stereocenters. The van der Waals surface area contributed by atoms with Crippen LogP contribution in [0.25, 0.3) is 6.08 Å². The molecule has 0 saturated heterocycles. The van der Waals surface area contributed by atoms with Crippen LogP contribution in [0.15, 0.2) is 48.5 Å². The van der Waals surface area contributed by atoms with Crippen molar-refractivity contribution in [2.24, 2.45) is 0 Å². The zero-order valence-electron chi connectivity index (χ0n) is 13.8. The van der Waals surface area contributed by atoms with Crippen LogP contribution >= 0.6 is 0 Å². The maximum absolute atomic E-state index is 12.8. The van der Waals surface area contributed by atoms with E-state index in [4.69, 9.17) is 4.74 Å². The van der Waals surface area contributed by atoms with E-state index in [-0.39, 0.29) is 18.2 Å². The van der Waals surface area contributed by atoms with Gasteiger partial charge in [0.1, 0.15) is 5.82 Å². The van der Waals surface area contributed by atoms with Gasteiger partial charge >= 0.3 is 5.97 Å². The molecule has 25 heavy (non-hydrogen) atoms. The minimum absolute atomic E-state index is 0.211. The van der Waals surface area contributed by atoms with Gasteiger partial charge in [0, 0.05) is 11.6 Å². The fraction of sp³-hybridized carbons (Fsp3) is 0.238. The average molecular weight is 338 g/mol. The van der Waals surface area contributed by atoms with E-state index in [0.29, 0.717) is 11.1 Å². The fourth-order valence-corrected chi connectivity index (χ4v) is 2.91. The van der Waals surface area contributed by atoms with Crippen molar-refractivity contribution in [1.29, 1.82) is 0 Å². The Hall–Kier alpha value is -2.75. The third-order valence-corrected chi connectivity index (χ3v) is 4.30. The van der Waals surface area contributed by atoms with Gasteiger partial charge in [-0.1, -0.05) is 24.3 Å². The summed E-state index contributed by atoms with van der Waals surface area (Å²) in [6.45, 7) is -0.286. The maximum atomic E-state index is 12.8. The number of rotatable bonds is 5. The monoisotopic (exact) mass is 338 g/mol. The second-order valence-electron chi connectivity index (χ2n) is 6.11. The number of carbonyl (C=O) groups is 2. The molecule has 0 fully saturated rings. The summed E-state index contributed by atoms with van der Waals surface area (Å²) in [6.07, 6.45) is 7.15. The SMILES string of the molecule is O=C(/C=C/c1ccc(F)cc1)OCC(=O)c1ccc2c(c1)CCCC2. The van der Waals surface area contributed by atoms with Crippen LogP contribution in [0.3, 0.4) is 0 Å². The molecule has 0 saturated carbocycles. The quantitative estimate of drug-likeness (QED) is 0.467. The topological polar surface area (TPSA) is 43.4 Å². The Kier molecular flexibility index (Phi) is 5.39. The van der Waals surface area contributed by atoms with Gasteiger partial charge in [-0.25, -0.2) is 9.18 Å². The predicted molar refractivity (Wildman–Crippen MR) is 93.8 cm³/mol. The number of esters is 1. The number of fused-ring (bicyclic) bond motifs is 1. The van der Waals surface area contributed by atoms with Crippen LogP contribution in [-0.2, 0) is 22.4 Å². The summed E-state index contributed by atoms with van der Waals surface area (Å²) in [5.41, 5.74) is 3.79. The zero-order chi connectivity index (χ0) is 17.6. The number of ether oxygens (including phenoxy) is 1. The molecule has 0 amide bonds. The lowest BCUT2D eigenvalue weighted by Gasteiger charge is -2.16. The van der Waals surface area contributed by atoms with Crippen molar-refractivity contribution < 1.29 is 18.7 Å². The molecular weight excluding hydrogens is 319 g/mol. The lowest BCUT2D eigenvalue weighted by Crippen LogP contribution is -2.13. The van der Waals surface area contributed by atoms with Crippen LogP contribution in [0.2, 0.25) is 0 Å². The molecule has 0 atom stereocenters. The Morgan fingerprint density at radius 1 is 1.00 bits per heavy atom. The first-order valence-corrected chi connectivity index (χ1v) is 8.37. The van der Waals surface area contributed by atoms with Crippen LogP contribution < -0.4 is 0 Å². The molecule has 0 spiro atoms. The van der Waals surface area contributed by atoms with Crippen LogP contribution in [-0.4, -0.2) is 18.4 Å². The number of halogens is 1. The predicted octanol–water partition coefficient (Wildman–Crippen LogP) is 4.14. The molecule has 1 aliphatic rings. The molecule has 3 nitrogen and oxygen atoms in total. The van der Waals surface area contributed by atoms with E-state index >= 15 is 0 Å². The van der Waals surface area contributed by atoms with E-state index in [9.17, 15) is 14.0 Å².